The number of ether oxygens (including phenoxy) is 19. The van der Waals surface area contributed by atoms with Gasteiger partial charge in [0.05, 0.1) is 78.2 Å². The van der Waals surface area contributed by atoms with E-state index in [1.54, 1.807) is 0 Å². The lowest BCUT2D eigenvalue weighted by Crippen LogP contribution is -2.72. The number of rotatable bonds is 36. The Morgan fingerprint density at radius 3 is 1.02 bits per heavy atom. The maximum atomic E-state index is 13.8. The van der Waals surface area contributed by atoms with Gasteiger partial charge < -0.3 is 270 Å². The normalized spacial score (nSPS) is 47.9. The molecule has 10 rings (SSSR count). The first-order valence-electron chi connectivity index (χ1n) is 41.0. The van der Waals surface area contributed by atoms with Crippen LogP contribution in [0, 0.1) is 0 Å². The van der Waals surface area contributed by atoms with E-state index in [0.29, 0.717) is 0 Å². The lowest BCUT2D eigenvalue weighted by atomic mass is 9.88. The van der Waals surface area contributed by atoms with Gasteiger partial charge in [0.25, 0.3) is 5.79 Å². The highest BCUT2D eigenvalue weighted by Crippen LogP contribution is 2.44. The molecule has 0 aromatic heterocycles. The SMILES string of the molecule is CC(=O)N[C@H]1[C@H](O[C@H]2[C@@H](O)[C@@H](CO)O[C@@H](O[C@H]3[C@@H](O)[C@@H](CO)O[C@@H](O[C@@H]4[C@H](O[C@]5(C(=O)O)C[C@H](O)[C@@H](NC(=O)CO)[C@H]([C@H](O)[C@H](O)CO)O5)[C@@H](O)[C@H](O[C@H]5[C@H](O)[C@@H](O)[C@H](O)O[C@@H]5CO)O[C@@H]4CO)[C@@H]3NC(C)=O)[C@@H]2O)O[C@H](CO)[C@H](O[C@@H]2O[C@H](CO)[C@H](O)[C@H](O[C@@H]3O[C@H](CO)[C@@H](O[C@@H]4O[C@H](CO)[C@H](O)[C@H](O[C@H]5O[C@H](CO)[C@H](O)[C@H](O)[C@H]5O)[C@H]4O)[C@H](O)[C@H]3NC(C)=O)[C@H]2O)[C@@H]1O. The minimum Gasteiger partial charge on any atom is -0.477 e. The largest absolute Gasteiger partial charge is 0.477 e. The molecule has 0 aliphatic carbocycles. The lowest BCUT2D eigenvalue weighted by Gasteiger charge is -2.53. The van der Waals surface area contributed by atoms with E-state index in [1.807, 2.05) is 0 Å². The molecule has 0 saturated carbocycles. The maximum absolute atomic E-state index is 13.8. The van der Waals surface area contributed by atoms with Crippen LogP contribution < -0.4 is 21.3 Å². The number of aliphatic carboxylic acids is 1. The Labute approximate surface area is 733 Å². The molecule has 10 fully saturated rings. The van der Waals surface area contributed by atoms with Crippen LogP contribution in [-0.4, -0.2) is 573 Å². The summed E-state index contributed by atoms with van der Waals surface area (Å²) >= 11 is 0. The summed E-state index contributed by atoms with van der Waals surface area (Å²) in [5.41, 5.74) is 0. The number of carbonyl (C=O) groups is 5. The van der Waals surface area contributed by atoms with E-state index in [0.717, 1.165) is 20.8 Å². The summed E-state index contributed by atoms with van der Waals surface area (Å²) in [6, 6.07) is -8.23. The van der Waals surface area contributed by atoms with Gasteiger partial charge in [0.2, 0.25) is 23.6 Å². The molecule has 0 spiro atoms. The van der Waals surface area contributed by atoms with Gasteiger partial charge in [-0.05, 0) is 0 Å². The minimum absolute atomic E-state index is 0.837. The van der Waals surface area contributed by atoms with Gasteiger partial charge in [-0.3, -0.25) is 19.2 Å². The van der Waals surface area contributed by atoms with E-state index >= 15 is 0 Å². The van der Waals surface area contributed by atoms with Crippen molar-refractivity contribution < 1.29 is 272 Å². The second-order valence-electron chi connectivity index (χ2n) is 32.4. The Hall–Kier alpha value is -4.61. The second-order valence-corrected chi connectivity index (χ2v) is 32.4. The first-order chi connectivity index (χ1) is 61.5. The van der Waals surface area contributed by atoms with Gasteiger partial charge in [0, 0.05) is 27.2 Å². The number of hydrogen-bond donors (Lipinski definition) is 35. The van der Waals surface area contributed by atoms with Crippen LogP contribution in [0.3, 0.4) is 0 Å². The summed E-state index contributed by atoms with van der Waals surface area (Å²) < 4.78 is 111. The number of hydrogen-bond acceptors (Lipinski definition) is 54. The number of nitrogens with one attached hydrogen (secondary N) is 4. The molecule has 0 radical (unpaired) electrons. The smallest absolute Gasteiger partial charge is 0.364 e. The van der Waals surface area contributed by atoms with Crippen molar-refractivity contribution in [3.8, 4) is 0 Å². The third-order valence-electron chi connectivity index (χ3n) is 23.6. The zero-order valence-electron chi connectivity index (χ0n) is 69.0. The lowest BCUT2D eigenvalue weighted by molar-refractivity contribution is -0.404. The maximum Gasteiger partial charge on any atom is 0.364 e. The molecule has 0 aromatic rings. The van der Waals surface area contributed by atoms with Crippen LogP contribution in [0.4, 0.5) is 0 Å². The number of carboxylic acids is 1. The molecule has 752 valence electrons. The van der Waals surface area contributed by atoms with Crippen LogP contribution >= 0.6 is 0 Å². The summed E-state index contributed by atoms with van der Waals surface area (Å²) in [6.45, 7) is -10.7. The number of aliphatic hydroxyl groups excluding tert-OH is 30. The van der Waals surface area contributed by atoms with Crippen molar-refractivity contribution in [3.63, 3.8) is 0 Å². The van der Waals surface area contributed by atoms with E-state index in [9.17, 15) is 182 Å². The van der Waals surface area contributed by atoms with Crippen molar-refractivity contribution >= 4 is 29.6 Å². The zero-order chi connectivity index (χ0) is 96.0. The molecular weight excluding hydrogens is 1790 g/mol. The van der Waals surface area contributed by atoms with E-state index in [-0.39, 0.29) is 0 Å². The summed E-state index contributed by atoms with van der Waals surface area (Å²) in [7, 11) is 0. The standard InChI is InChI=1S/C71H118N4O55/c1-16(87)72-32-42(100)52(122-67-49(107)59(40(98)25(10-81)116-67)128-65-46(104)43(101)36(94)21(6-77)114-65)28(13-84)118-62(32)126-57-38(96)23(8-79)115-66(47(57)105)121-51-27(12-83)119-63(33(41(51)99)73-17(2)88)127-58-39(97)24(9-80)117-68(48(58)106)125-55-34(74-18(3)89)64(113-22(7-78)37(55)95)124-54-29(14-85)120-69(123-53-26(11-82)112-61(109)45(103)44(53)102)50(108)60(54)130-71(70(110)111)4-19(90)31(75-30(92)15-86)56(129-71)35(93)20(91)5-76/h19-29,31-69,76-86,90-91,93-109H,4-15H2,1-3H3,(H,72,87)(H,73,88)(H,74,89)(H,75,92)(H,110,111)/t19-,20+,21+,22+,23+,24+,25+,26+,27+,28+,29+,31+,32+,33+,34+,35+,36-,37-,38-,39-,40-,41+,42+,43-,44+,45+,46+,47+,48+,49+,50+,51-,52+,53+,54-,55+,56+,57-,58-,59-,60+,61+,62-,63-,64-,65+,66-,67-,68-,69-,71-/m0/s1. The fourth-order valence-electron chi connectivity index (χ4n) is 16.8. The number of amides is 4. The molecule has 0 aromatic carbocycles. The van der Waals surface area contributed by atoms with Gasteiger partial charge in [-0.25, -0.2) is 4.79 Å². The topological polar surface area (TPSA) is 936 Å². The molecule has 4 amide bonds. The Morgan fingerprint density at radius 1 is 0.315 bits per heavy atom. The van der Waals surface area contributed by atoms with Crippen LogP contribution in [0.5, 0.6) is 0 Å². The predicted octanol–water partition coefficient (Wildman–Crippen LogP) is -24.1. The van der Waals surface area contributed by atoms with Gasteiger partial charge in [-0.1, -0.05) is 0 Å². The Morgan fingerprint density at radius 2 is 0.623 bits per heavy atom. The van der Waals surface area contributed by atoms with Crippen LogP contribution in [-0.2, 0) is 114 Å². The molecule has 0 bridgehead atoms. The van der Waals surface area contributed by atoms with Crippen molar-refractivity contribution in [1.82, 2.24) is 21.3 Å². The molecule has 10 saturated heterocycles. The molecule has 59 heteroatoms. The predicted molar refractivity (Wildman–Crippen MR) is 395 cm³/mol. The summed E-state index contributed by atoms with van der Waals surface area (Å²) in [5.74, 6) is -10.3. The highest BCUT2D eigenvalue weighted by Gasteiger charge is 2.65. The highest BCUT2D eigenvalue weighted by atomic mass is 16.8. The van der Waals surface area contributed by atoms with E-state index in [4.69, 9.17) is 90.0 Å². The van der Waals surface area contributed by atoms with Crippen LogP contribution in [0.15, 0.2) is 0 Å². The monoisotopic (exact) mass is 1910 g/mol. The fraction of sp³-hybridized carbons (Fsp3) is 0.930. The van der Waals surface area contributed by atoms with Crippen molar-refractivity contribution in [1.29, 1.82) is 0 Å². The number of carbonyl (C=O) groups excluding carboxylic acids is 4. The summed E-state index contributed by atoms with van der Waals surface area (Å²) in [5, 5.41) is 352. The van der Waals surface area contributed by atoms with Crippen molar-refractivity contribution in [3.05, 3.63) is 0 Å². The van der Waals surface area contributed by atoms with Crippen molar-refractivity contribution in [2.45, 2.75) is 340 Å². The molecule has 0 unspecified atom stereocenters. The number of aliphatic hydroxyl groups is 30. The van der Waals surface area contributed by atoms with Gasteiger partial charge in [0.15, 0.2) is 56.6 Å². The van der Waals surface area contributed by atoms with Crippen LogP contribution in [0.2, 0.25) is 0 Å². The molecule has 10 heterocycles. The van der Waals surface area contributed by atoms with Gasteiger partial charge in [-0.2, -0.15) is 0 Å². The van der Waals surface area contributed by atoms with E-state index < -0.39 is 421 Å². The molecule has 35 N–H and O–H groups in total. The third kappa shape index (κ3) is 23.2. The number of carboxylic acid groups (broad SMARTS) is 1. The average Bonchev–Trinajstić information content (AvgIpc) is 0.751. The summed E-state index contributed by atoms with van der Waals surface area (Å²) in [6.07, 6.45) is -103. The third-order valence-corrected chi connectivity index (χ3v) is 23.6. The quantitative estimate of drug-likeness (QED) is 0.0277. The average molecular weight is 1910 g/mol. The van der Waals surface area contributed by atoms with E-state index in [2.05, 4.69) is 21.3 Å². The molecule has 10 aliphatic heterocycles. The first kappa shape index (κ1) is 107. The Kier molecular flexibility index (Phi) is 38.6. The summed E-state index contributed by atoms with van der Waals surface area (Å²) in [4.78, 5) is 66.0. The second kappa shape index (κ2) is 46.7. The molecule has 59 nitrogen and oxygen atoms in total. The molecular formula is C71H118N4O55. The molecule has 130 heavy (non-hydrogen) atoms. The van der Waals surface area contributed by atoms with E-state index in [1.165, 1.54) is 0 Å². The van der Waals surface area contributed by atoms with Crippen LogP contribution in [0.1, 0.15) is 27.2 Å². The zero-order valence-corrected chi connectivity index (χ0v) is 69.0. The Balaban J connectivity index is 0.896. The minimum atomic E-state index is -3.56. The Bertz CT molecular complexity index is 3570. The molecule has 10 aliphatic rings. The fourth-order valence-corrected chi connectivity index (χ4v) is 16.8. The van der Waals surface area contributed by atoms with Crippen molar-refractivity contribution in [2.24, 2.45) is 0 Å². The van der Waals surface area contributed by atoms with Crippen molar-refractivity contribution in [2.75, 3.05) is 72.7 Å². The van der Waals surface area contributed by atoms with Crippen LogP contribution in [0.25, 0.3) is 0 Å². The molecule has 51 atom stereocenters. The van der Waals surface area contributed by atoms with Gasteiger partial charge >= 0.3 is 5.97 Å². The van der Waals surface area contributed by atoms with Gasteiger partial charge in [-0.15, -0.1) is 0 Å². The first-order valence-corrected chi connectivity index (χ1v) is 41.0. The highest BCUT2D eigenvalue weighted by molar-refractivity contribution is 5.78. The van der Waals surface area contributed by atoms with Gasteiger partial charge in [0.1, 0.15) is 244 Å².